The van der Waals surface area contributed by atoms with E-state index in [4.69, 9.17) is 0 Å². The molecular formula is C29H36Cl2F2N4O2. The lowest BCUT2D eigenvalue weighted by atomic mass is 9.96. The van der Waals surface area contributed by atoms with Gasteiger partial charge in [-0.2, -0.15) is 0 Å². The summed E-state index contributed by atoms with van der Waals surface area (Å²) in [6, 6.07) is 21.1. The Morgan fingerprint density at radius 2 is 1.26 bits per heavy atom. The first kappa shape index (κ1) is 32.5. The van der Waals surface area contributed by atoms with Crippen molar-refractivity contribution in [2.45, 2.75) is 31.8 Å². The summed E-state index contributed by atoms with van der Waals surface area (Å²) in [5.74, 6) is -0.507. The molecule has 0 unspecified atom stereocenters. The number of para-hydroxylation sites is 2. The molecule has 39 heavy (non-hydrogen) atoms. The number of aromatic amines is 1. The van der Waals surface area contributed by atoms with Crippen LogP contribution in [0.1, 0.15) is 36.4 Å². The molecule has 6 nitrogen and oxygen atoms in total. The first-order valence-corrected chi connectivity index (χ1v) is 12.7. The molecule has 0 spiro atoms. The monoisotopic (exact) mass is 580 g/mol. The molecule has 0 bridgehead atoms. The first-order valence-electron chi connectivity index (χ1n) is 12.7. The minimum Gasteiger partial charge on any atom is -0.412 e. The van der Waals surface area contributed by atoms with E-state index in [1.54, 1.807) is 0 Å². The number of aromatic nitrogens is 2. The van der Waals surface area contributed by atoms with Gasteiger partial charge in [-0.3, -0.25) is 9.47 Å². The van der Waals surface area contributed by atoms with E-state index in [1.807, 2.05) is 53.1 Å². The second-order valence-corrected chi connectivity index (χ2v) is 9.54. The zero-order chi connectivity index (χ0) is 24.9. The number of imidazole rings is 1. The summed E-state index contributed by atoms with van der Waals surface area (Å²) in [5, 5.41) is 0. The molecule has 212 valence electrons. The van der Waals surface area contributed by atoms with Crippen molar-refractivity contribution in [2.75, 3.05) is 32.7 Å². The molecule has 5 rings (SSSR count). The molecule has 0 aliphatic carbocycles. The third kappa shape index (κ3) is 7.90. The van der Waals surface area contributed by atoms with Crippen molar-refractivity contribution < 1.29 is 14.3 Å². The van der Waals surface area contributed by atoms with Crippen LogP contribution < -0.4 is 5.69 Å². The predicted molar refractivity (Wildman–Crippen MR) is 157 cm³/mol. The maximum absolute atomic E-state index is 13.6. The number of aryl methyl sites for hydroxylation is 1. The van der Waals surface area contributed by atoms with Gasteiger partial charge in [0.2, 0.25) is 0 Å². The van der Waals surface area contributed by atoms with Crippen molar-refractivity contribution in [1.82, 2.24) is 19.4 Å². The Morgan fingerprint density at radius 3 is 1.85 bits per heavy atom. The molecule has 0 amide bonds. The lowest BCUT2D eigenvalue weighted by Gasteiger charge is -2.40. The van der Waals surface area contributed by atoms with Crippen LogP contribution in [0.25, 0.3) is 11.0 Å². The van der Waals surface area contributed by atoms with Crippen molar-refractivity contribution in [3.63, 3.8) is 0 Å². The van der Waals surface area contributed by atoms with Gasteiger partial charge >= 0.3 is 5.69 Å². The predicted octanol–water partition coefficient (Wildman–Crippen LogP) is 5.20. The number of hydrogen-bond acceptors (Lipinski definition) is 3. The van der Waals surface area contributed by atoms with Gasteiger partial charge < -0.3 is 15.4 Å². The van der Waals surface area contributed by atoms with Crippen LogP contribution >= 0.6 is 24.8 Å². The molecule has 3 aromatic carbocycles. The topological polar surface area (TPSA) is 75.8 Å². The van der Waals surface area contributed by atoms with Gasteiger partial charge in [0.05, 0.1) is 17.1 Å². The molecule has 0 radical (unpaired) electrons. The highest BCUT2D eigenvalue weighted by Gasteiger charge is 2.26. The molecule has 2 heterocycles. The van der Waals surface area contributed by atoms with Crippen molar-refractivity contribution in [1.29, 1.82) is 0 Å². The van der Waals surface area contributed by atoms with E-state index in [0.717, 1.165) is 80.7 Å². The highest BCUT2D eigenvalue weighted by molar-refractivity contribution is 5.85. The number of H-pyrrole nitrogens is 1. The van der Waals surface area contributed by atoms with E-state index >= 15 is 0 Å². The Labute approximate surface area is 239 Å². The van der Waals surface area contributed by atoms with Crippen LogP contribution in [0.3, 0.4) is 0 Å². The fraction of sp³-hybridized carbons (Fsp3) is 0.345. The third-order valence-electron chi connectivity index (χ3n) is 7.18. The van der Waals surface area contributed by atoms with E-state index in [9.17, 15) is 13.6 Å². The van der Waals surface area contributed by atoms with Gasteiger partial charge in [-0.25, -0.2) is 13.6 Å². The lowest BCUT2D eigenvalue weighted by Crippen LogP contribution is -2.48. The molecule has 1 aliphatic rings. The average molecular weight is 582 g/mol. The Morgan fingerprint density at radius 1 is 0.718 bits per heavy atom. The molecule has 10 heteroatoms. The Kier molecular flexibility index (Phi) is 12.6. The molecular weight excluding hydrogens is 545 g/mol. The highest BCUT2D eigenvalue weighted by Crippen LogP contribution is 2.30. The maximum Gasteiger partial charge on any atom is 0.326 e. The zero-order valence-corrected chi connectivity index (χ0v) is 23.3. The van der Waals surface area contributed by atoms with Gasteiger partial charge in [0.25, 0.3) is 0 Å². The number of nitrogens with one attached hydrogen (secondary N) is 1. The van der Waals surface area contributed by atoms with Crippen LogP contribution in [-0.2, 0) is 6.54 Å². The van der Waals surface area contributed by atoms with Gasteiger partial charge in [0.15, 0.2) is 0 Å². The summed E-state index contributed by atoms with van der Waals surface area (Å²) in [7, 11) is 0. The SMILES string of the molecule is Cl.Cl.O.O=c1[nH]c2ccccc2n1CCCCCN1CCN(C(c2ccc(F)cc2)c2ccc(F)cc2)CC1. The summed E-state index contributed by atoms with van der Waals surface area (Å²) < 4.78 is 28.9. The number of piperazine rings is 1. The molecule has 1 fully saturated rings. The smallest absolute Gasteiger partial charge is 0.326 e. The second kappa shape index (κ2) is 15.1. The highest BCUT2D eigenvalue weighted by atomic mass is 35.5. The lowest BCUT2D eigenvalue weighted by molar-refractivity contribution is 0.108. The van der Waals surface area contributed by atoms with Crippen molar-refractivity contribution in [3.05, 3.63) is 106 Å². The average Bonchev–Trinajstić information content (AvgIpc) is 3.22. The van der Waals surface area contributed by atoms with E-state index in [0.29, 0.717) is 0 Å². The van der Waals surface area contributed by atoms with Crippen LogP contribution in [-0.4, -0.2) is 57.6 Å². The van der Waals surface area contributed by atoms with Crippen LogP contribution in [0.2, 0.25) is 0 Å². The number of benzene rings is 3. The van der Waals surface area contributed by atoms with Crippen LogP contribution in [0.15, 0.2) is 77.6 Å². The summed E-state index contributed by atoms with van der Waals surface area (Å²) >= 11 is 0. The normalized spacial score (nSPS) is 14.0. The Bertz CT molecular complexity index is 1290. The van der Waals surface area contributed by atoms with Crippen molar-refractivity contribution >= 4 is 35.8 Å². The fourth-order valence-electron chi connectivity index (χ4n) is 5.26. The van der Waals surface area contributed by atoms with Crippen LogP contribution in [0, 0.1) is 11.6 Å². The largest absolute Gasteiger partial charge is 0.412 e. The van der Waals surface area contributed by atoms with Gasteiger partial charge in [-0.1, -0.05) is 42.8 Å². The molecule has 4 aromatic rings. The standard InChI is InChI=1S/C29H32F2N4O.2ClH.H2O/c30-24-12-8-22(9-13-24)28(23-10-14-25(31)15-11-23)34-20-18-33(19-21-34)16-4-1-5-17-35-27-7-3-2-6-26(27)32-29(35)36;;;/h2-3,6-15,28H,1,4-5,16-21H2,(H,32,36);2*1H;1H2. The molecule has 1 saturated heterocycles. The summed E-state index contributed by atoms with van der Waals surface area (Å²) in [6.45, 7) is 5.47. The minimum absolute atomic E-state index is 0. The Balaban J connectivity index is 0.00000178. The fourth-order valence-corrected chi connectivity index (χ4v) is 5.26. The zero-order valence-electron chi connectivity index (χ0n) is 21.7. The number of halogens is 4. The molecule has 1 aliphatic heterocycles. The van der Waals surface area contributed by atoms with Gasteiger partial charge in [-0.15, -0.1) is 24.8 Å². The number of rotatable bonds is 9. The van der Waals surface area contributed by atoms with E-state index in [1.165, 1.54) is 24.3 Å². The van der Waals surface area contributed by atoms with E-state index < -0.39 is 0 Å². The number of unbranched alkanes of at least 4 members (excludes halogenated alkanes) is 2. The van der Waals surface area contributed by atoms with Gasteiger partial charge in [0, 0.05) is 32.7 Å². The number of nitrogens with zero attached hydrogens (tertiary/aromatic N) is 3. The minimum atomic E-state index is -0.254. The first-order chi connectivity index (χ1) is 17.6. The van der Waals surface area contributed by atoms with E-state index in [-0.39, 0.29) is 53.7 Å². The summed E-state index contributed by atoms with van der Waals surface area (Å²) in [5.41, 5.74) is 3.85. The van der Waals surface area contributed by atoms with Gasteiger partial charge in [-0.05, 0) is 66.9 Å². The quantitative estimate of drug-likeness (QED) is 0.276. The molecule has 1 aromatic heterocycles. The summed E-state index contributed by atoms with van der Waals surface area (Å²) in [6.07, 6.45) is 3.13. The molecule has 0 saturated carbocycles. The van der Waals surface area contributed by atoms with Crippen molar-refractivity contribution in [3.8, 4) is 0 Å². The molecule has 3 N–H and O–H groups in total. The third-order valence-corrected chi connectivity index (χ3v) is 7.18. The van der Waals surface area contributed by atoms with E-state index in [2.05, 4.69) is 14.8 Å². The maximum atomic E-state index is 13.6. The number of hydrogen-bond donors (Lipinski definition) is 1. The number of fused-ring (bicyclic) bond motifs is 1. The van der Waals surface area contributed by atoms with Crippen LogP contribution in [0.5, 0.6) is 0 Å². The summed E-state index contributed by atoms with van der Waals surface area (Å²) in [4.78, 5) is 20.0. The Hall–Kier alpha value is -2.75. The molecule has 0 atom stereocenters. The van der Waals surface area contributed by atoms with Gasteiger partial charge in [0.1, 0.15) is 11.6 Å². The van der Waals surface area contributed by atoms with Crippen LogP contribution in [0.4, 0.5) is 8.78 Å². The second-order valence-electron chi connectivity index (χ2n) is 9.54. The van der Waals surface area contributed by atoms with Crippen molar-refractivity contribution in [2.24, 2.45) is 0 Å².